The van der Waals surface area contributed by atoms with E-state index in [-0.39, 0.29) is 11.8 Å². The van der Waals surface area contributed by atoms with Crippen LogP contribution in [0.15, 0.2) is 0 Å². The molecule has 1 unspecified atom stereocenters. The lowest BCUT2D eigenvalue weighted by Gasteiger charge is -2.31. The van der Waals surface area contributed by atoms with E-state index in [1.54, 1.807) is 4.90 Å². The average Bonchev–Trinajstić information content (AvgIpc) is 2.87. The lowest BCUT2D eigenvalue weighted by atomic mass is 9.81. The molecule has 3 N–H and O–H groups in total. The van der Waals surface area contributed by atoms with Crippen molar-refractivity contribution in [2.24, 2.45) is 17.6 Å². The normalized spacial score (nSPS) is 32.5. The molecule has 102 valence electrons. The van der Waals surface area contributed by atoms with Crippen molar-refractivity contribution in [2.75, 3.05) is 18.2 Å². The summed E-state index contributed by atoms with van der Waals surface area (Å²) in [6.45, 7) is 0.693. The van der Waals surface area contributed by atoms with E-state index in [1.165, 1.54) is 11.8 Å². The number of aliphatic carboxylic acids is 1. The average molecular weight is 272 g/mol. The van der Waals surface area contributed by atoms with Crippen LogP contribution in [0.2, 0.25) is 0 Å². The van der Waals surface area contributed by atoms with E-state index < -0.39 is 12.0 Å². The fourth-order valence-electron chi connectivity index (χ4n) is 2.74. The van der Waals surface area contributed by atoms with Gasteiger partial charge in [0.05, 0.1) is 5.88 Å². The van der Waals surface area contributed by atoms with Gasteiger partial charge < -0.3 is 15.7 Å². The Hall–Kier alpha value is -0.750. The second kappa shape index (κ2) is 5.93. The van der Waals surface area contributed by atoms with E-state index >= 15 is 0 Å². The zero-order valence-electron chi connectivity index (χ0n) is 10.4. The van der Waals surface area contributed by atoms with Crippen molar-refractivity contribution < 1.29 is 14.7 Å². The number of carboxylic acid groups (broad SMARTS) is 1. The fourth-order valence-corrected chi connectivity index (χ4v) is 3.90. The third kappa shape index (κ3) is 2.80. The van der Waals surface area contributed by atoms with Gasteiger partial charge in [0.15, 0.2) is 0 Å². The van der Waals surface area contributed by atoms with E-state index in [1.807, 2.05) is 0 Å². The standard InChI is InChI=1S/C12H20N2O3S/c13-5-8-1-3-9(4-2-8)11(15)14-7-18-6-10(14)12(16)17/h8-10H,1-7,13H2,(H,16,17). The van der Waals surface area contributed by atoms with Gasteiger partial charge in [-0.1, -0.05) is 0 Å². The Morgan fingerprint density at radius 3 is 2.50 bits per heavy atom. The van der Waals surface area contributed by atoms with Crippen molar-refractivity contribution in [2.45, 2.75) is 31.7 Å². The number of rotatable bonds is 3. The van der Waals surface area contributed by atoms with Gasteiger partial charge in [-0.2, -0.15) is 0 Å². The summed E-state index contributed by atoms with van der Waals surface area (Å²) in [6, 6.07) is -0.630. The van der Waals surface area contributed by atoms with E-state index in [2.05, 4.69) is 0 Å². The maximum absolute atomic E-state index is 12.3. The number of nitrogens with zero attached hydrogens (tertiary/aromatic N) is 1. The van der Waals surface area contributed by atoms with Gasteiger partial charge >= 0.3 is 5.97 Å². The maximum Gasteiger partial charge on any atom is 0.327 e. The zero-order chi connectivity index (χ0) is 13.1. The molecule has 0 aromatic carbocycles. The van der Waals surface area contributed by atoms with Crippen LogP contribution in [0.5, 0.6) is 0 Å². The lowest BCUT2D eigenvalue weighted by Crippen LogP contribution is -2.45. The molecule has 1 aliphatic carbocycles. The largest absolute Gasteiger partial charge is 0.480 e. The van der Waals surface area contributed by atoms with E-state index in [0.717, 1.165) is 25.7 Å². The van der Waals surface area contributed by atoms with Crippen molar-refractivity contribution >= 4 is 23.6 Å². The third-order valence-electron chi connectivity index (χ3n) is 3.98. The van der Waals surface area contributed by atoms with Crippen LogP contribution in [0.3, 0.4) is 0 Å². The molecule has 5 nitrogen and oxygen atoms in total. The summed E-state index contributed by atoms with van der Waals surface area (Å²) >= 11 is 1.52. The Bertz CT molecular complexity index is 329. The second-order valence-corrected chi connectivity index (χ2v) is 6.12. The molecule has 2 rings (SSSR count). The van der Waals surface area contributed by atoms with Gasteiger partial charge in [0.1, 0.15) is 6.04 Å². The molecule has 1 saturated heterocycles. The van der Waals surface area contributed by atoms with Crippen LogP contribution in [-0.2, 0) is 9.59 Å². The summed E-state index contributed by atoms with van der Waals surface area (Å²) in [4.78, 5) is 24.9. The predicted molar refractivity (Wildman–Crippen MR) is 70.1 cm³/mol. The molecule has 1 aliphatic heterocycles. The minimum atomic E-state index is -0.885. The van der Waals surface area contributed by atoms with Crippen LogP contribution < -0.4 is 5.73 Å². The number of hydrogen-bond acceptors (Lipinski definition) is 4. The van der Waals surface area contributed by atoms with Gasteiger partial charge in [-0.3, -0.25) is 4.79 Å². The molecule has 0 spiro atoms. The number of thioether (sulfide) groups is 1. The van der Waals surface area contributed by atoms with Crippen molar-refractivity contribution in [1.82, 2.24) is 4.90 Å². The molecular weight excluding hydrogens is 252 g/mol. The first kappa shape index (κ1) is 13.7. The molecule has 1 atom stereocenters. The molecule has 1 heterocycles. The molecule has 18 heavy (non-hydrogen) atoms. The van der Waals surface area contributed by atoms with Gasteiger partial charge in [-0.15, -0.1) is 11.8 Å². The Kier molecular flexibility index (Phi) is 4.50. The van der Waals surface area contributed by atoms with E-state index in [4.69, 9.17) is 10.8 Å². The molecule has 0 aromatic heterocycles. The van der Waals surface area contributed by atoms with Crippen molar-refractivity contribution in [3.63, 3.8) is 0 Å². The molecule has 0 bridgehead atoms. The molecule has 2 aliphatic rings. The monoisotopic (exact) mass is 272 g/mol. The maximum atomic E-state index is 12.3. The minimum absolute atomic E-state index is 0.00773. The first-order valence-electron chi connectivity index (χ1n) is 6.44. The van der Waals surface area contributed by atoms with Crippen molar-refractivity contribution in [1.29, 1.82) is 0 Å². The highest BCUT2D eigenvalue weighted by atomic mass is 32.2. The Balaban J connectivity index is 1.93. The number of carbonyl (C=O) groups excluding carboxylic acids is 1. The summed E-state index contributed by atoms with van der Waals surface area (Å²) in [5, 5.41) is 9.09. The van der Waals surface area contributed by atoms with Crippen LogP contribution in [0.1, 0.15) is 25.7 Å². The lowest BCUT2D eigenvalue weighted by molar-refractivity contribution is -0.150. The topological polar surface area (TPSA) is 83.6 Å². The first-order valence-corrected chi connectivity index (χ1v) is 7.60. The number of amides is 1. The summed E-state index contributed by atoms with van der Waals surface area (Å²) in [5.74, 6) is 0.726. The summed E-state index contributed by atoms with van der Waals surface area (Å²) in [6.07, 6.45) is 3.69. The molecular formula is C12H20N2O3S. The highest BCUT2D eigenvalue weighted by Crippen LogP contribution is 2.32. The number of nitrogens with two attached hydrogens (primary N) is 1. The quantitative estimate of drug-likeness (QED) is 0.791. The molecule has 1 amide bonds. The zero-order valence-corrected chi connectivity index (χ0v) is 11.2. The summed E-state index contributed by atoms with van der Waals surface area (Å²) in [5.41, 5.74) is 5.63. The summed E-state index contributed by atoms with van der Waals surface area (Å²) in [7, 11) is 0. The second-order valence-electron chi connectivity index (χ2n) is 5.12. The van der Waals surface area contributed by atoms with Gasteiger partial charge in [0.25, 0.3) is 0 Å². The van der Waals surface area contributed by atoms with Gasteiger partial charge in [0.2, 0.25) is 5.91 Å². The van der Waals surface area contributed by atoms with E-state index in [0.29, 0.717) is 24.1 Å². The van der Waals surface area contributed by atoms with Crippen LogP contribution in [0, 0.1) is 11.8 Å². The smallest absolute Gasteiger partial charge is 0.327 e. The van der Waals surface area contributed by atoms with Gasteiger partial charge in [-0.05, 0) is 38.1 Å². The Labute approximate surface area is 111 Å². The SMILES string of the molecule is NCC1CCC(C(=O)N2CSCC2C(=O)O)CC1. The molecule has 0 aromatic rings. The first-order chi connectivity index (χ1) is 8.63. The number of carboxylic acids is 1. The van der Waals surface area contributed by atoms with Crippen molar-refractivity contribution in [3.05, 3.63) is 0 Å². The minimum Gasteiger partial charge on any atom is -0.480 e. The van der Waals surface area contributed by atoms with Crippen LogP contribution in [0.25, 0.3) is 0 Å². The molecule has 6 heteroatoms. The Morgan fingerprint density at radius 1 is 1.28 bits per heavy atom. The molecule has 2 fully saturated rings. The van der Waals surface area contributed by atoms with Crippen LogP contribution in [0.4, 0.5) is 0 Å². The highest BCUT2D eigenvalue weighted by Gasteiger charge is 2.38. The fraction of sp³-hybridized carbons (Fsp3) is 0.833. The van der Waals surface area contributed by atoms with Crippen molar-refractivity contribution in [3.8, 4) is 0 Å². The Morgan fingerprint density at radius 2 is 1.94 bits per heavy atom. The summed E-state index contributed by atoms with van der Waals surface area (Å²) < 4.78 is 0. The highest BCUT2D eigenvalue weighted by molar-refractivity contribution is 7.99. The number of hydrogen-bond donors (Lipinski definition) is 2. The van der Waals surface area contributed by atoms with Crippen LogP contribution >= 0.6 is 11.8 Å². The third-order valence-corrected chi connectivity index (χ3v) is 4.99. The predicted octanol–water partition coefficient (Wildman–Crippen LogP) is 0.738. The van der Waals surface area contributed by atoms with Crippen LogP contribution in [-0.4, -0.2) is 46.1 Å². The van der Waals surface area contributed by atoms with Gasteiger partial charge in [0, 0.05) is 11.7 Å². The van der Waals surface area contributed by atoms with Gasteiger partial charge in [-0.25, -0.2) is 4.79 Å². The molecule has 1 saturated carbocycles. The number of carbonyl (C=O) groups is 2. The molecule has 0 radical (unpaired) electrons. The van der Waals surface area contributed by atoms with E-state index in [9.17, 15) is 9.59 Å².